The van der Waals surface area contributed by atoms with Gasteiger partial charge in [-0.05, 0) is 42.5 Å². The van der Waals surface area contributed by atoms with Crippen LogP contribution in [0.15, 0.2) is 89.0 Å². The molecular formula is C26H17BrFN3O3. The maximum Gasteiger partial charge on any atom is 0.335 e. The van der Waals surface area contributed by atoms with Crippen LogP contribution in [0.5, 0.6) is 0 Å². The second-order valence-corrected chi connectivity index (χ2v) is 8.67. The lowest BCUT2D eigenvalue weighted by atomic mass is 10.1. The summed E-state index contributed by atoms with van der Waals surface area (Å²) in [7, 11) is 0. The number of benzene rings is 3. The van der Waals surface area contributed by atoms with Gasteiger partial charge in [0.2, 0.25) is 0 Å². The number of nitrogens with one attached hydrogen (secondary N) is 1. The number of amides is 4. The molecule has 3 aromatic carbocycles. The lowest BCUT2D eigenvalue weighted by molar-refractivity contribution is -0.122. The first-order valence-electron chi connectivity index (χ1n) is 10.4. The number of hydrogen-bond acceptors (Lipinski definition) is 3. The number of hydrogen-bond donors (Lipinski definition) is 1. The molecule has 0 unspecified atom stereocenters. The molecule has 1 fully saturated rings. The van der Waals surface area contributed by atoms with Crippen LogP contribution in [0.3, 0.4) is 0 Å². The van der Waals surface area contributed by atoms with Crippen molar-refractivity contribution in [3.63, 3.8) is 0 Å². The smallest absolute Gasteiger partial charge is 0.335 e. The lowest BCUT2D eigenvalue weighted by Crippen LogP contribution is -2.54. The topological polar surface area (TPSA) is 71.4 Å². The molecule has 0 aliphatic carbocycles. The average Bonchev–Trinajstić information content (AvgIpc) is 3.16. The van der Waals surface area contributed by atoms with Gasteiger partial charge in [0.25, 0.3) is 11.8 Å². The number of aromatic nitrogens is 1. The van der Waals surface area contributed by atoms with Crippen molar-refractivity contribution in [2.24, 2.45) is 0 Å². The molecule has 168 valence electrons. The maximum absolute atomic E-state index is 14.3. The van der Waals surface area contributed by atoms with Gasteiger partial charge in [0.15, 0.2) is 0 Å². The Kier molecular flexibility index (Phi) is 5.59. The van der Waals surface area contributed by atoms with Gasteiger partial charge in [0.1, 0.15) is 11.4 Å². The number of barbiturate groups is 1. The van der Waals surface area contributed by atoms with E-state index in [-0.39, 0.29) is 17.9 Å². The van der Waals surface area contributed by atoms with Crippen LogP contribution in [-0.4, -0.2) is 22.4 Å². The van der Waals surface area contributed by atoms with E-state index < -0.39 is 17.8 Å². The molecule has 0 radical (unpaired) electrons. The molecule has 1 aromatic heterocycles. The summed E-state index contributed by atoms with van der Waals surface area (Å²) in [5, 5.41) is 3.03. The minimum atomic E-state index is -0.809. The number of halogens is 2. The van der Waals surface area contributed by atoms with Crippen LogP contribution in [0.1, 0.15) is 11.1 Å². The summed E-state index contributed by atoms with van der Waals surface area (Å²) < 4.78 is 16.9. The Balaban J connectivity index is 1.57. The third kappa shape index (κ3) is 3.92. The Bertz CT molecular complexity index is 1490. The maximum atomic E-state index is 14.3. The van der Waals surface area contributed by atoms with Crippen molar-refractivity contribution in [2.75, 3.05) is 4.90 Å². The van der Waals surface area contributed by atoms with Gasteiger partial charge in [0.05, 0.1) is 12.2 Å². The van der Waals surface area contributed by atoms with Crippen molar-refractivity contribution in [1.82, 2.24) is 9.88 Å². The Labute approximate surface area is 202 Å². The Hall–Kier alpha value is -4.04. The summed E-state index contributed by atoms with van der Waals surface area (Å²) in [6.45, 7) is 0.278. The highest BCUT2D eigenvalue weighted by molar-refractivity contribution is 9.10. The monoisotopic (exact) mass is 517 g/mol. The number of anilines is 1. The molecule has 4 amide bonds. The molecule has 0 spiro atoms. The number of carbonyl (C=O) groups is 3. The second-order valence-electron chi connectivity index (χ2n) is 7.76. The normalized spacial score (nSPS) is 15.3. The predicted molar refractivity (Wildman–Crippen MR) is 131 cm³/mol. The minimum absolute atomic E-state index is 0.170. The third-order valence-corrected chi connectivity index (χ3v) is 6.13. The molecular weight excluding hydrogens is 501 g/mol. The summed E-state index contributed by atoms with van der Waals surface area (Å²) in [5.74, 6) is -1.80. The number of carbonyl (C=O) groups excluding carboxylic acids is 3. The van der Waals surface area contributed by atoms with E-state index in [4.69, 9.17) is 0 Å². The zero-order chi connectivity index (χ0) is 23.8. The minimum Gasteiger partial charge on any atom is -0.342 e. The SMILES string of the molecule is O=C1NC(=O)N(c2ccc(Br)cc2)C(=O)/C1=C/c1cn(Cc2ccccc2F)c2ccccc12. The molecule has 0 saturated carbocycles. The number of urea groups is 1. The third-order valence-electron chi connectivity index (χ3n) is 5.60. The fourth-order valence-electron chi connectivity index (χ4n) is 3.97. The molecule has 1 saturated heterocycles. The van der Waals surface area contributed by atoms with Crippen LogP contribution in [0, 0.1) is 5.82 Å². The van der Waals surface area contributed by atoms with Crippen LogP contribution < -0.4 is 10.2 Å². The Morgan fingerprint density at radius 2 is 1.62 bits per heavy atom. The van der Waals surface area contributed by atoms with Gasteiger partial charge >= 0.3 is 6.03 Å². The van der Waals surface area contributed by atoms with E-state index in [9.17, 15) is 18.8 Å². The number of fused-ring (bicyclic) bond motifs is 1. The van der Waals surface area contributed by atoms with Gasteiger partial charge in [-0.25, -0.2) is 14.1 Å². The molecule has 2 heterocycles. The molecule has 34 heavy (non-hydrogen) atoms. The van der Waals surface area contributed by atoms with E-state index in [0.29, 0.717) is 16.8 Å². The van der Waals surface area contributed by atoms with Crippen molar-refractivity contribution in [3.8, 4) is 0 Å². The van der Waals surface area contributed by atoms with Crippen LogP contribution in [0.2, 0.25) is 0 Å². The van der Waals surface area contributed by atoms with Gasteiger partial charge in [0, 0.05) is 32.7 Å². The predicted octanol–water partition coefficient (Wildman–Crippen LogP) is 5.26. The van der Waals surface area contributed by atoms with Gasteiger partial charge in [-0.3, -0.25) is 14.9 Å². The first-order chi connectivity index (χ1) is 16.4. The first kappa shape index (κ1) is 21.8. The number of para-hydroxylation sites is 1. The van der Waals surface area contributed by atoms with E-state index in [2.05, 4.69) is 21.2 Å². The quantitative estimate of drug-likeness (QED) is 0.296. The van der Waals surface area contributed by atoms with Gasteiger partial charge in [-0.15, -0.1) is 0 Å². The van der Waals surface area contributed by atoms with Crippen LogP contribution in [0.25, 0.3) is 17.0 Å². The van der Waals surface area contributed by atoms with Gasteiger partial charge < -0.3 is 4.57 Å². The highest BCUT2D eigenvalue weighted by Gasteiger charge is 2.37. The highest BCUT2D eigenvalue weighted by atomic mass is 79.9. The standard InChI is InChI=1S/C26H17BrFN3O3/c27-18-9-11-19(12-10-18)31-25(33)21(24(32)29-26(31)34)13-17-15-30(23-8-4-2-6-20(17)23)14-16-5-1-3-7-22(16)28/h1-13,15H,14H2,(H,29,32,34)/b21-13+. The summed E-state index contributed by atoms with van der Waals surface area (Å²) in [6, 6.07) is 19.8. The average molecular weight is 518 g/mol. The lowest BCUT2D eigenvalue weighted by Gasteiger charge is -2.26. The van der Waals surface area contributed by atoms with Crippen LogP contribution in [-0.2, 0) is 16.1 Å². The van der Waals surface area contributed by atoms with Crippen molar-refractivity contribution in [2.45, 2.75) is 6.54 Å². The van der Waals surface area contributed by atoms with E-state index >= 15 is 0 Å². The zero-order valence-electron chi connectivity index (χ0n) is 17.7. The molecule has 0 bridgehead atoms. The summed E-state index contributed by atoms with van der Waals surface area (Å²) in [6.07, 6.45) is 3.24. The number of nitrogens with zero attached hydrogens (tertiary/aromatic N) is 2. The second kappa shape index (κ2) is 8.72. The van der Waals surface area contributed by atoms with Gasteiger partial charge in [-0.2, -0.15) is 0 Å². The summed E-state index contributed by atoms with van der Waals surface area (Å²) in [5.41, 5.74) is 2.11. The highest BCUT2D eigenvalue weighted by Crippen LogP contribution is 2.28. The molecule has 8 heteroatoms. The summed E-state index contributed by atoms with van der Waals surface area (Å²) in [4.78, 5) is 39.2. The first-order valence-corrected chi connectivity index (χ1v) is 11.2. The molecule has 5 rings (SSSR count). The van der Waals surface area contributed by atoms with Crippen molar-refractivity contribution < 1.29 is 18.8 Å². The summed E-state index contributed by atoms with van der Waals surface area (Å²) >= 11 is 3.32. The Morgan fingerprint density at radius 3 is 2.38 bits per heavy atom. The zero-order valence-corrected chi connectivity index (χ0v) is 19.3. The molecule has 4 aromatic rings. The molecule has 6 nitrogen and oxygen atoms in total. The fourth-order valence-corrected chi connectivity index (χ4v) is 4.23. The van der Waals surface area contributed by atoms with E-state index in [1.165, 1.54) is 12.1 Å². The Morgan fingerprint density at radius 1 is 0.912 bits per heavy atom. The molecule has 0 atom stereocenters. The van der Waals surface area contributed by atoms with E-state index in [1.54, 1.807) is 48.7 Å². The van der Waals surface area contributed by atoms with Crippen molar-refractivity contribution in [1.29, 1.82) is 0 Å². The van der Waals surface area contributed by atoms with Crippen LogP contribution in [0.4, 0.5) is 14.9 Å². The molecule has 1 N–H and O–H groups in total. The molecule has 1 aliphatic rings. The molecule has 1 aliphatic heterocycles. The van der Waals surface area contributed by atoms with E-state index in [1.807, 2.05) is 28.8 Å². The van der Waals surface area contributed by atoms with Crippen molar-refractivity contribution >= 4 is 56.4 Å². The van der Waals surface area contributed by atoms with Crippen molar-refractivity contribution in [3.05, 3.63) is 106 Å². The fraction of sp³-hybridized carbons (Fsp3) is 0.0385. The van der Waals surface area contributed by atoms with Gasteiger partial charge in [-0.1, -0.05) is 52.3 Å². The van der Waals surface area contributed by atoms with Crippen LogP contribution >= 0.6 is 15.9 Å². The number of imide groups is 2. The largest absolute Gasteiger partial charge is 0.342 e. The number of rotatable bonds is 4. The van der Waals surface area contributed by atoms with E-state index in [0.717, 1.165) is 20.3 Å².